The smallest absolute Gasteiger partial charge is 0.304 e. The number of tetrazole rings is 1. The maximum absolute atomic E-state index is 14.4. The predicted molar refractivity (Wildman–Crippen MR) is 109 cm³/mol. The quantitative estimate of drug-likeness (QED) is 0.372. The van der Waals surface area contributed by atoms with Crippen LogP contribution in [0.15, 0.2) is 48.9 Å². The third-order valence-corrected chi connectivity index (χ3v) is 4.37. The number of nitrogens with zero attached hydrogens (tertiary/aromatic N) is 6. The number of ether oxygens (including phenoxy) is 1. The molecule has 32 heavy (non-hydrogen) atoms. The molecule has 0 radical (unpaired) electrons. The molecule has 4 aromatic rings. The van der Waals surface area contributed by atoms with Gasteiger partial charge < -0.3 is 15.6 Å². The van der Waals surface area contributed by atoms with E-state index in [9.17, 15) is 9.18 Å². The Kier molecular flexibility index (Phi) is 6.03. The Balaban J connectivity index is 1.46. The minimum atomic E-state index is -0.965. The Morgan fingerprint density at radius 1 is 1.19 bits per heavy atom. The van der Waals surface area contributed by atoms with E-state index in [2.05, 4.69) is 35.6 Å². The van der Waals surface area contributed by atoms with Gasteiger partial charge in [0.1, 0.15) is 5.75 Å². The van der Waals surface area contributed by atoms with Crippen molar-refractivity contribution in [3.63, 3.8) is 0 Å². The van der Waals surface area contributed by atoms with Crippen molar-refractivity contribution < 1.29 is 19.0 Å². The fourth-order valence-electron chi connectivity index (χ4n) is 2.92. The molecule has 0 aliphatic rings. The van der Waals surface area contributed by atoms with Crippen molar-refractivity contribution in [2.24, 2.45) is 5.73 Å². The number of benzene rings is 1. The third-order valence-electron chi connectivity index (χ3n) is 4.37. The number of pyridine rings is 1. The van der Waals surface area contributed by atoms with Crippen molar-refractivity contribution in [2.75, 3.05) is 0 Å². The van der Waals surface area contributed by atoms with E-state index in [4.69, 9.17) is 15.6 Å². The second-order valence-corrected chi connectivity index (χ2v) is 6.83. The van der Waals surface area contributed by atoms with Crippen LogP contribution >= 0.6 is 0 Å². The van der Waals surface area contributed by atoms with Crippen molar-refractivity contribution in [3.05, 3.63) is 60.4 Å². The first-order valence-corrected chi connectivity index (χ1v) is 9.44. The SMILES string of the molecule is NC(CC(=O)O)Cc1cncc(-c2ccc(Oc3ncc(-c4nn[nH]n4)cc3F)cc2)n1. The lowest BCUT2D eigenvalue weighted by molar-refractivity contribution is -0.137. The van der Waals surface area contributed by atoms with Crippen LogP contribution in [0.3, 0.4) is 0 Å². The van der Waals surface area contributed by atoms with E-state index in [1.807, 2.05) is 0 Å². The summed E-state index contributed by atoms with van der Waals surface area (Å²) in [5.41, 5.74) is 8.11. The van der Waals surface area contributed by atoms with Crippen LogP contribution in [0.1, 0.15) is 12.1 Å². The summed E-state index contributed by atoms with van der Waals surface area (Å²) in [7, 11) is 0. The largest absolute Gasteiger partial charge is 0.481 e. The molecule has 1 unspecified atom stereocenters. The van der Waals surface area contributed by atoms with Crippen molar-refractivity contribution in [2.45, 2.75) is 18.9 Å². The molecule has 3 heterocycles. The molecule has 12 heteroatoms. The van der Waals surface area contributed by atoms with Gasteiger partial charge in [-0.15, -0.1) is 10.2 Å². The molecular weight excluding hydrogens is 419 g/mol. The predicted octanol–water partition coefficient (Wildman–Crippen LogP) is 1.99. The van der Waals surface area contributed by atoms with Crippen LogP contribution in [0.2, 0.25) is 0 Å². The molecule has 0 fully saturated rings. The van der Waals surface area contributed by atoms with Crippen molar-refractivity contribution in [3.8, 4) is 34.3 Å². The van der Waals surface area contributed by atoms with Crippen LogP contribution < -0.4 is 10.5 Å². The normalized spacial score (nSPS) is 11.8. The van der Waals surface area contributed by atoms with Crippen molar-refractivity contribution in [1.29, 1.82) is 0 Å². The van der Waals surface area contributed by atoms with Gasteiger partial charge >= 0.3 is 5.97 Å². The second kappa shape index (κ2) is 9.22. The molecule has 0 saturated carbocycles. The summed E-state index contributed by atoms with van der Waals surface area (Å²) in [6.07, 6.45) is 4.65. The number of aromatic amines is 1. The van der Waals surface area contributed by atoms with Gasteiger partial charge in [0.05, 0.1) is 24.0 Å². The molecule has 0 aliphatic heterocycles. The molecule has 1 aromatic carbocycles. The molecule has 11 nitrogen and oxygen atoms in total. The van der Waals surface area contributed by atoms with E-state index in [1.165, 1.54) is 12.3 Å². The van der Waals surface area contributed by atoms with Crippen LogP contribution in [0.5, 0.6) is 11.6 Å². The van der Waals surface area contributed by atoms with Gasteiger partial charge in [0, 0.05) is 36.0 Å². The standard InChI is InChI=1S/C20H17FN8O3/c21-16-5-12(19-26-28-29-27-19)8-24-20(16)32-15-3-1-11(2-4-15)17-10-23-9-14(25-17)6-13(22)7-18(30)31/h1-5,8-10,13H,6-7,22H2,(H,30,31)(H,26,27,28,29). The number of H-pyrrole nitrogens is 1. The molecule has 1 atom stereocenters. The Morgan fingerprint density at radius 3 is 2.69 bits per heavy atom. The molecule has 0 bridgehead atoms. The van der Waals surface area contributed by atoms with Crippen LogP contribution in [-0.2, 0) is 11.2 Å². The van der Waals surface area contributed by atoms with E-state index in [0.717, 1.165) is 5.56 Å². The number of halogens is 1. The zero-order valence-electron chi connectivity index (χ0n) is 16.5. The third kappa shape index (κ3) is 5.05. The van der Waals surface area contributed by atoms with Gasteiger partial charge in [-0.25, -0.2) is 14.4 Å². The van der Waals surface area contributed by atoms with Crippen molar-refractivity contribution in [1.82, 2.24) is 35.6 Å². The van der Waals surface area contributed by atoms with Gasteiger partial charge in [-0.05, 0) is 35.5 Å². The number of hydrogen-bond acceptors (Lipinski definition) is 9. The number of rotatable bonds is 8. The van der Waals surface area contributed by atoms with Gasteiger partial charge in [0.2, 0.25) is 5.82 Å². The molecule has 4 rings (SSSR count). The first-order chi connectivity index (χ1) is 15.5. The number of carbonyl (C=O) groups is 1. The highest BCUT2D eigenvalue weighted by molar-refractivity contribution is 5.67. The lowest BCUT2D eigenvalue weighted by Crippen LogP contribution is -2.26. The Morgan fingerprint density at radius 2 is 2.00 bits per heavy atom. The molecule has 162 valence electrons. The molecule has 3 aromatic heterocycles. The molecule has 0 spiro atoms. The first kappa shape index (κ1) is 20.9. The Hall–Kier alpha value is -4.32. The zero-order chi connectivity index (χ0) is 22.5. The highest BCUT2D eigenvalue weighted by Crippen LogP contribution is 2.27. The molecule has 0 saturated heterocycles. The summed E-state index contributed by atoms with van der Waals surface area (Å²) >= 11 is 0. The minimum Gasteiger partial charge on any atom is -0.481 e. The summed E-state index contributed by atoms with van der Waals surface area (Å²) in [4.78, 5) is 23.4. The fraction of sp³-hybridized carbons (Fsp3) is 0.150. The summed E-state index contributed by atoms with van der Waals surface area (Å²) in [6, 6.07) is 7.43. The number of nitrogens with two attached hydrogens (primary N) is 1. The zero-order valence-corrected chi connectivity index (χ0v) is 16.5. The number of carboxylic acids is 1. The van der Waals surface area contributed by atoms with E-state index in [0.29, 0.717) is 29.1 Å². The summed E-state index contributed by atoms with van der Waals surface area (Å²) in [5, 5.41) is 22.1. The second-order valence-electron chi connectivity index (χ2n) is 6.83. The molecule has 0 aliphatic carbocycles. The van der Waals surface area contributed by atoms with Crippen molar-refractivity contribution >= 4 is 5.97 Å². The first-order valence-electron chi connectivity index (χ1n) is 9.44. The van der Waals surface area contributed by atoms with Gasteiger partial charge in [0.25, 0.3) is 5.88 Å². The fourth-order valence-corrected chi connectivity index (χ4v) is 2.92. The lowest BCUT2D eigenvalue weighted by atomic mass is 10.1. The van der Waals surface area contributed by atoms with E-state index in [-0.39, 0.29) is 18.1 Å². The van der Waals surface area contributed by atoms with Gasteiger partial charge in [-0.3, -0.25) is 9.78 Å². The molecule has 0 amide bonds. The van der Waals surface area contributed by atoms with Crippen LogP contribution in [0.4, 0.5) is 4.39 Å². The average Bonchev–Trinajstić information content (AvgIpc) is 3.30. The topological polar surface area (TPSA) is 166 Å². The average molecular weight is 436 g/mol. The Labute approximate surface area is 180 Å². The van der Waals surface area contributed by atoms with E-state index >= 15 is 0 Å². The number of carboxylic acid groups (broad SMARTS) is 1. The Bertz CT molecular complexity index is 1220. The van der Waals surface area contributed by atoms with Gasteiger partial charge in [-0.1, -0.05) is 0 Å². The highest BCUT2D eigenvalue weighted by Gasteiger charge is 2.13. The molecule has 4 N–H and O–H groups in total. The summed E-state index contributed by atoms with van der Waals surface area (Å²) < 4.78 is 19.9. The number of aromatic nitrogens is 7. The summed E-state index contributed by atoms with van der Waals surface area (Å²) in [6.45, 7) is 0. The van der Waals surface area contributed by atoms with Crippen LogP contribution in [-0.4, -0.2) is 52.7 Å². The minimum absolute atomic E-state index is 0.154. The monoisotopic (exact) mass is 436 g/mol. The van der Waals surface area contributed by atoms with Crippen LogP contribution in [0, 0.1) is 5.82 Å². The van der Waals surface area contributed by atoms with E-state index in [1.54, 1.807) is 36.7 Å². The number of hydrogen-bond donors (Lipinski definition) is 3. The number of nitrogens with one attached hydrogen (secondary N) is 1. The van der Waals surface area contributed by atoms with Gasteiger partial charge in [0.15, 0.2) is 5.82 Å². The van der Waals surface area contributed by atoms with Crippen LogP contribution in [0.25, 0.3) is 22.6 Å². The highest BCUT2D eigenvalue weighted by atomic mass is 19.1. The van der Waals surface area contributed by atoms with Gasteiger partial charge in [-0.2, -0.15) is 5.21 Å². The number of aliphatic carboxylic acids is 1. The maximum Gasteiger partial charge on any atom is 0.304 e. The van der Waals surface area contributed by atoms with E-state index < -0.39 is 17.8 Å². The summed E-state index contributed by atoms with van der Waals surface area (Å²) in [5.74, 6) is -1.24. The lowest BCUT2D eigenvalue weighted by Gasteiger charge is -2.10. The maximum atomic E-state index is 14.4. The molecular formula is C20H17FN8O3.